The van der Waals surface area contributed by atoms with Gasteiger partial charge in [0.25, 0.3) is 0 Å². The SMILES string of the molecule is CCOCCCNS(=O)(=O)c1csc(C(=O)O)c1. The minimum Gasteiger partial charge on any atom is -0.477 e. The molecule has 0 unspecified atom stereocenters. The molecule has 0 fully saturated rings. The molecule has 2 N–H and O–H groups in total. The number of thiophene rings is 1. The summed E-state index contributed by atoms with van der Waals surface area (Å²) in [6.07, 6.45) is 0.572. The van der Waals surface area contributed by atoms with E-state index in [4.69, 9.17) is 9.84 Å². The van der Waals surface area contributed by atoms with Crippen LogP contribution in [0.25, 0.3) is 0 Å². The van der Waals surface area contributed by atoms with Crippen molar-refractivity contribution in [1.82, 2.24) is 4.72 Å². The van der Waals surface area contributed by atoms with Gasteiger partial charge in [-0.2, -0.15) is 0 Å². The molecule has 0 radical (unpaired) electrons. The Hall–Kier alpha value is -0.960. The Labute approximate surface area is 110 Å². The van der Waals surface area contributed by atoms with Crippen LogP contribution in [0.2, 0.25) is 0 Å². The number of nitrogens with one attached hydrogen (secondary N) is 1. The molecule has 18 heavy (non-hydrogen) atoms. The lowest BCUT2D eigenvalue weighted by molar-refractivity contribution is 0.0702. The zero-order chi connectivity index (χ0) is 13.6. The van der Waals surface area contributed by atoms with E-state index in [1.165, 1.54) is 5.38 Å². The first-order valence-corrected chi connectivity index (χ1v) is 7.73. The lowest BCUT2D eigenvalue weighted by Gasteiger charge is -2.04. The van der Waals surface area contributed by atoms with Crippen molar-refractivity contribution < 1.29 is 23.1 Å². The van der Waals surface area contributed by atoms with Gasteiger partial charge in [-0.15, -0.1) is 11.3 Å². The number of aromatic carboxylic acids is 1. The third-order valence-corrected chi connectivity index (χ3v) is 4.57. The second kappa shape index (κ2) is 6.83. The summed E-state index contributed by atoms with van der Waals surface area (Å²) in [7, 11) is -3.62. The minimum absolute atomic E-state index is 0.00434. The summed E-state index contributed by atoms with van der Waals surface area (Å²) in [4.78, 5) is 10.6. The maximum atomic E-state index is 11.8. The molecule has 1 aromatic heterocycles. The van der Waals surface area contributed by atoms with Gasteiger partial charge in [0.2, 0.25) is 10.0 Å². The van der Waals surface area contributed by atoms with Crippen molar-refractivity contribution >= 4 is 27.3 Å². The van der Waals surface area contributed by atoms with Crippen LogP contribution in [-0.4, -0.2) is 39.3 Å². The van der Waals surface area contributed by atoms with E-state index in [0.717, 1.165) is 17.4 Å². The van der Waals surface area contributed by atoms with Crippen molar-refractivity contribution in [2.75, 3.05) is 19.8 Å². The maximum Gasteiger partial charge on any atom is 0.345 e. The van der Waals surface area contributed by atoms with Gasteiger partial charge in [0, 0.05) is 25.1 Å². The average molecular weight is 293 g/mol. The molecule has 0 atom stereocenters. The number of carbonyl (C=O) groups is 1. The Morgan fingerprint density at radius 3 is 2.83 bits per heavy atom. The molecule has 0 aliphatic heterocycles. The highest BCUT2D eigenvalue weighted by molar-refractivity contribution is 7.89. The van der Waals surface area contributed by atoms with Crippen molar-refractivity contribution in [2.24, 2.45) is 0 Å². The van der Waals surface area contributed by atoms with Gasteiger partial charge in [-0.05, 0) is 19.4 Å². The summed E-state index contributed by atoms with van der Waals surface area (Å²) in [5.41, 5.74) is 0. The van der Waals surface area contributed by atoms with Crippen LogP contribution in [0.1, 0.15) is 23.0 Å². The predicted octanol–water partition coefficient (Wildman–Crippen LogP) is 1.15. The van der Waals surface area contributed by atoms with Crippen molar-refractivity contribution in [3.8, 4) is 0 Å². The van der Waals surface area contributed by atoms with Crippen LogP contribution in [0.5, 0.6) is 0 Å². The molecule has 0 aliphatic carbocycles. The van der Waals surface area contributed by atoms with Crippen LogP contribution < -0.4 is 4.72 Å². The highest BCUT2D eigenvalue weighted by atomic mass is 32.2. The molecule has 0 aliphatic rings. The van der Waals surface area contributed by atoms with Crippen LogP contribution >= 0.6 is 11.3 Å². The van der Waals surface area contributed by atoms with Crippen molar-refractivity contribution in [3.05, 3.63) is 16.3 Å². The zero-order valence-electron chi connectivity index (χ0n) is 9.88. The number of carboxylic acids is 1. The number of carboxylic acid groups (broad SMARTS) is 1. The van der Waals surface area contributed by atoms with Crippen LogP contribution in [0.3, 0.4) is 0 Å². The van der Waals surface area contributed by atoms with E-state index >= 15 is 0 Å². The normalized spacial score (nSPS) is 11.6. The molecule has 0 spiro atoms. The van der Waals surface area contributed by atoms with Crippen molar-refractivity contribution in [2.45, 2.75) is 18.2 Å². The largest absolute Gasteiger partial charge is 0.477 e. The van der Waals surface area contributed by atoms with Crippen LogP contribution in [-0.2, 0) is 14.8 Å². The van der Waals surface area contributed by atoms with Gasteiger partial charge < -0.3 is 9.84 Å². The summed E-state index contributed by atoms with van der Waals surface area (Å²) in [6, 6.07) is 1.15. The highest BCUT2D eigenvalue weighted by Gasteiger charge is 2.17. The molecule has 6 nitrogen and oxygen atoms in total. The van der Waals surface area contributed by atoms with Gasteiger partial charge in [0.05, 0.1) is 4.90 Å². The lowest BCUT2D eigenvalue weighted by atomic mass is 10.5. The van der Waals surface area contributed by atoms with E-state index in [1.807, 2.05) is 6.92 Å². The maximum absolute atomic E-state index is 11.8. The van der Waals surface area contributed by atoms with Gasteiger partial charge >= 0.3 is 5.97 Å². The summed E-state index contributed by atoms with van der Waals surface area (Å²) < 4.78 is 31.0. The first kappa shape index (κ1) is 15.1. The number of sulfonamides is 1. The lowest BCUT2D eigenvalue weighted by Crippen LogP contribution is -2.25. The van der Waals surface area contributed by atoms with E-state index < -0.39 is 16.0 Å². The molecule has 0 amide bonds. The fraction of sp³-hybridized carbons (Fsp3) is 0.500. The summed E-state index contributed by atoms with van der Waals surface area (Å²) in [5.74, 6) is -1.13. The monoisotopic (exact) mass is 293 g/mol. The second-order valence-corrected chi connectivity index (χ2v) is 6.08. The third kappa shape index (κ3) is 4.37. The van der Waals surface area contributed by atoms with E-state index in [2.05, 4.69) is 4.72 Å². The number of ether oxygens (including phenoxy) is 1. The van der Waals surface area contributed by atoms with Gasteiger partial charge in [0.15, 0.2) is 0 Å². The van der Waals surface area contributed by atoms with E-state index in [-0.39, 0.29) is 16.3 Å². The van der Waals surface area contributed by atoms with Gasteiger partial charge in [-0.25, -0.2) is 17.9 Å². The number of hydrogen-bond acceptors (Lipinski definition) is 5. The van der Waals surface area contributed by atoms with Crippen molar-refractivity contribution in [1.29, 1.82) is 0 Å². The van der Waals surface area contributed by atoms with E-state index in [1.54, 1.807) is 0 Å². The molecule has 1 rings (SSSR count). The first-order chi connectivity index (χ1) is 8.47. The van der Waals surface area contributed by atoms with Gasteiger partial charge in [-0.1, -0.05) is 0 Å². The third-order valence-electron chi connectivity index (χ3n) is 2.06. The van der Waals surface area contributed by atoms with Crippen LogP contribution in [0, 0.1) is 0 Å². The second-order valence-electron chi connectivity index (χ2n) is 3.40. The molecule has 0 bridgehead atoms. The summed E-state index contributed by atoms with van der Waals surface area (Å²) in [5, 5.41) is 10.0. The number of hydrogen-bond donors (Lipinski definition) is 2. The molecule has 102 valence electrons. The standard InChI is InChI=1S/C10H15NO5S2/c1-2-16-5-3-4-11-18(14,15)8-6-9(10(12)13)17-7-8/h6-7,11H,2-5H2,1H3,(H,12,13). The van der Waals surface area contributed by atoms with Gasteiger partial charge in [-0.3, -0.25) is 0 Å². The quantitative estimate of drug-likeness (QED) is 0.701. The van der Waals surface area contributed by atoms with Crippen LogP contribution in [0.4, 0.5) is 0 Å². The Kier molecular flexibility index (Phi) is 5.73. The summed E-state index contributed by atoms with van der Waals surface area (Å²) >= 11 is 0.888. The Morgan fingerprint density at radius 1 is 1.56 bits per heavy atom. The zero-order valence-corrected chi connectivity index (χ0v) is 11.5. The molecule has 1 aromatic rings. The molecule has 0 saturated heterocycles. The van der Waals surface area contributed by atoms with Gasteiger partial charge in [0.1, 0.15) is 4.88 Å². The molecular formula is C10H15NO5S2. The molecular weight excluding hydrogens is 278 g/mol. The fourth-order valence-corrected chi connectivity index (χ4v) is 3.37. The Balaban J connectivity index is 2.54. The molecule has 0 aromatic carbocycles. The van der Waals surface area contributed by atoms with Crippen LogP contribution in [0.15, 0.2) is 16.3 Å². The minimum atomic E-state index is -3.62. The Bertz CT molecular complexity index is 494. The van der Waals surface area contributed by atoms with Crippen molar-refractivity contribution in [3.63, 3.8) is 0 Å². The highest BCUT2D eigenvalue weighted by Crippen LogP contribution is 2.18. The molecule has 0 saturated carbocycles. The Morgan fingerprint density at radius 2 is 2.28 bits per heavy atom. The average Bonchev–Trinajstić information content (AvgIpc) is 2.78. The van der Waals surface area contributed by atoms with E-state index in [0.29, 0.717) is 19.6 Å². The summed E-state index contributed by atoms with van der Waals surface area (Å²) in [6.45, 7) is 3.21. The fourth-order valence-electron chi connectivity index (χ4n) is 1.18. The van der Waals surface area contributed by atoms with E-state index in [9.17, 15) is 13.2 Å². The predicted molar refractivity (Wildman–Crippen MR) is 67.6 cm³/mol. The first-order valence-electron chi connectivity index (χ1n) is 5.36. The smallest absolute Gasteiger partial charge is 0.345 e. The molecule has 8 heteroatoms. The number of rotatable bonds is 8. The molecule has 1 heterocycles. The topological polar surface area (TPSA) is 92.7 Å².